The maximum atomic E-state index is 12.5. The highest BCUT2D eigenvalue weighted by Crippen LogP contribution is 2.63. The van der Waals surface area contributed by atoms with Crippen molar-refractivity contribution in [3.8, 4) is 0 Å². The van der Waals surface area contributed by atoms with E-state index in [9.17, 15) is 25.2 Å². The van der Waals surface area contributed by atoms with E-state index in [4.69, 9.17) is 9.47 Å². The summed E-state index contributed by atoms with van der Waals surface area (Å²) in [5.74, 6) is -0.740. The molecule has 1 heterocycles. The van der Waals surface area contributed by atoms with Crippen molar-refractivity contribution in [2.75, 3.05) is 6.61 Å². The average Bonchev–Trinajstić information content (AvgIpc) is 2.94. The third kappa shape index (κ3) is 3.78. The molecule has 0 bridgehead atoms. The first-order valence-corrected chi connectivity index (χ1v) is 10.6. The number of aliphatic hydroxyl groups excluding tert-OH is 3. The summed E-state index contributed by atoms with van der Waals surface area (Å²) in [4.78, 5) is 12.5. The number of hydrogen-bond donors (Lipinski definition) is 4. The highest BCUT2D eigenvalue weighted by molar-refractivity contribution is 5.82. The Kier molecular flexibility index (Phi) is 6.33. The number of carbonyl (C=O) groups excluding carboxylic acids is 1. The molecule has 4 N–H and O–H groups in total. The summed E-state index contributed by atoms with van der Waals surface area (Å²) in [5, 5.41) is 40.8. The smallest absolute Gasteiger partial charge is 0.331 e. The molecular weight excluding hydrogens is 388 g/mol. The van der Waals surface area contributed by atoms with Crippen molar-refractivity contribution in [3.05, 3.63) is 36.0 Å². The molecule has 7 heteroatoms. The van der Waals surface area contributed by atoms with E-state index in [-0.39, 0.29) is 17.9 Å². The molecule has 2 fully saturated rings. The van der Waals surface area contributed by atoms with Crippen molar-refractivity contribution in [1.29, 1.82) is 0 Å². The van der Waals surface area contributed by atoms with Crippen LogP contribution in [0.15, 0.2) is 36.0 Å². The summed E-state index contributed by atoms with van der Waals surface area (Å²) in [6, 6.07) is 0. The number of hydrogen-bond acceptors (Lipinski definition) is 7. The van der Waals surface area contributed by atoms with Crippen molar-refractivity contribution in [2.24, 2.45) is 16.7 Å². The average molecular weight is 423 g/mol. The van der Waals surface area contributed by atoms with Crippen LogP contribution in [0.4, 0.5) is 0 Å². The van der Waals surface area contributed by atoms with Crippen molar-refractivity contribution in [2.45, 2.75) is 77.2 Å². The molecule has 0 unspecified atom stereocenters. The lowest BCUT2D eigenvalue weighted by molar-refractivity contribution is -0.244. The second kappa shape index (κ2) is 8.20. The quantitative estimate of drug-likeness (QED) is 0.230. The lowest BCUT2D eigenvalue weighted by Gasteiger charge is -2.60. The van der Waals surface area contributed by atoms with Crippen LogP contribution in [-0.2, 0) is 14.3 Å². The summed E-state index contributed by atoms with van der Waals surface area (Å²) in [7, 11) is 0. The molecule has 1 aliphatic heterocycles. The molecule has 0 radical (unpaired) electrons. The molecule has 7 atom stereocenters. The van der Waals surface area contributed by atoms with Gasteiger partial charge in [-0.3, -0.25) is 0 Å². The van der Waals surface area contributed by atoms with Gasteiger partial charge in [0, 0.05) is 17.4 Å². The highest BCUT2D eigenvalue weighted by atomic mass is 16.6. The summed E-state index contributed by atoms with van der Waals surface area (Å²) in [5.41, 5.74) is -1.85. The van der Waals surface area contributed by atoms with Crippen LogP contribution >= 0.6 is 0 Å². The van der Waals surface area contributed by atoms with Crippen LogP contribution in [0.5, 0.6) is 0 Å². The molecule has 3 aliphatic rings. The van der Waals surface area contributed by atoms with Gasteiger partial charge in [0.1, 0.15) is 11.7 Å². The summed E-state index contributed by atoms with van der Waals surface area (Å²) < 4.78 is 11.2. The summed E-state index contributed by atoms with van der Waals surface area (Å²) in [6.07, 6.45) is 6.08. The Bertz CT molecular complexity index is 753. The monoisotopic (exact) mass is 422 g/mol. The third-order valence-electron chi connectivity index (χ3n) is 7.25. The van der Waals surface area contributed by atoms with E-state index in [2.05, 4.69) is 13.8 Å². The lowest BCUT2D eigenvalue weighted by atomic mass is 9.46. The van der Waals surface area contributed by atoms with Crippen LogP contribution < -0.4 is 0 Å². The van der Waals surface area contributed by atoms with E-state index in [0.29, 0.717) is 12.0 Å². The van der Waals surface area contributed by atoms with E-state index < -0.39 is 41.6 Å². The second-order valence-corrected chi connectivity index (χ2v) is 9.74. The molecule has 2 aliphatic carbocycles. The van der Waals surface area contributed by atoms with Gasteiger partial charge in [0.25, 0.3) is 0 Å². The van der Waals surface area contributed by atoms with Gasteiger partial charge in [-0.2, -0.15) is 0 Å². The van der Waals surface area contributed by atoms with Gasteiger partial charge in [0.05, 0.1) is 18.8 Å². The van der Waals surface area contributed by atoms with Crippen LogP contribution in [0.25, 0.3) is 0 Å². The van der Waals surface area contributed by atoms with Crippen LogP contribution in [0.3, 0.4) is 0 Å². The molecule has 0 aromatic carbocycles. The molecule has 1 saturated carbocycles. The molecule has 0 aromatic rings. The van der Waals surface area contributed by atoms with Crippen molar-refractivity contribution < 1.29 is 34.7 Å². The molecule has 0 aromatic heterocycles. The van der Waals surface area contributed by atoms with Crippen LogP contribution in [-0.4, -0.2) is 63.2 Å². The maximum absolute atomic E-state index is 12.5. The van der Waals surface area contributed by atoms with Crippen LogP contribution in [0.1, 0.15) is 47.0 Å². The Balaban J connectivity index is 1.85. The first-order chi connectivity index (χ1) is 13.9. The van der Waals surface area contributed by atoms with Gasteiger partial charge in [0.15, 0.2) is 6.29 Å². The minimum atomic E-state index is -1.49. The Morgan fingerprint density at radius 2 is 1.97 bits per heavy atom. The molecule has 7 nitrogen and oxygen atoms in total. The van der Waals surface area contributed by atoms with Gasteiger partial charge < -0.3 is 29.9 Å². The molecule has 168 valence electrons. The van der Waals surface area contributed by atoms with Gasteiger partial charge >= 0.3 is 5.97 Å². The maximum Gasteiger partial charge on any atom is 0.331 e. The zero-order valence-corrected chi connectivity index (χ0v) is 18.1. The van der Waals surface area contributed by atoms with Crippen molar-refractivity contribution >= 4 is 5.97 Å². The fraction of sp³-hybridized carbons (Fsp3) is 0.696. The van der Waals surface area contributed by atoms with Gasteiger partial charge in [-0.15, -0.1) is 0 Å². The number of fused-ring (bicyclic) bond motifs is 3. The fourth-order valence-corrected chi connectivity index (χ4v) is 5.74. The number of esters is 1. The fourth-order valence-electron chi connectivity index (χ4n) is 5.74. The Hall–Kier alpha value is -1.51. The zero-order valence-electron chi connectivity index (χ0n) is 18.1. The number of rotatable bonds is 5. The number of aliphatic hydroxyl groups is 4. The predicted octanol–water partition coefficient (Wildman–Crippen LogP) is 1.60. The van der Waals surface area contributed by atoms with E-state index in [1.165, 1.54) is 31.2 Å². The molecular formula is C23H34O7. The first-order valence-electron chi connectivity index (χ1n) is 10.6. The first kappa shape index (κ1) is 23.2. The largest absolute Gasteiger partial charge is 0.455 e. The van der Waals surface area contributed by atoms with Crippen molar-refractivity contribution in [3.63, 3.8) is 0 Å². The lowest BCUT2D eigenvalue weighted by Crippen LogP contribution is -2.65. The summed E-state index contributed by atoms with van der Waals surface area (Å²) in [6.45, 7) is 7.74. The normalized spacial score (nSPS) is 40.0. The zero-order chi connectivity index (χ0) is 22.3. The standard InChI is InChI=1S/C23H34O7/c1-14(24)16(25)8-5-6-9-18(26)30-17-12-15-13-29-20(27)23(15,28)22(4)11-7-10-21(2,3)19(17)22/h5-6,8-9,12,14,16-17,19-20,24-25,27-28H,7,10-11,13H2,1-4H3/b8-5+,9-6+/t14-,16+,17-,19+,20+,22+,23+/m1/s1. The Labute approximate surface area is 177 Å². The second-order valence-electron chi connectivity index (χ2n) is 9.74. The van der Waals surface area contributed by atoms with E-state index in [1.54, 1.807) is 6.08 Å². The SMILES string of the molecule is C[C@@H](O)[C@@H](O)/C=C/C=C/C(=O)O[C@@H]1C=C2CO[C@H](O)[C@]2(O)[C@@]2(C)CCCC(C)(C)[C@H]12. The van der Waals surface area contributed by atoms with E-state index in [1.807, 2.05) is 6.92 Å². The third-order valence-corrected chi connectivity index (χ3v) is 7.25. The van der Waals surface area contributed by atoms with Gasteiger partial charge in [-0.25, -0.2) is 4.79 Å². The molecule has 0 spiro atoms. The number of ether oxygens (including phenoxy) is 2. The van der Waals surface area contributed by atoms with E-state index in [0.717, 1.165) is 12.8 Å². The highest BCUT2D eigenvalue weighted by Gasteiger charge is 2.68. The number of carbonyl (C=O) groups is 1. The summed E-state index contributed by atoms with van der Waals surface area (Å²) >= 11 is 0. The Morgan fingerprint density at radius 3 is 2.63 bits per heavy atom. The van der Waals surface area contributed by atoms with Gasteiger partial charge in [-0.05, 0) is 36.8 Å². The number of allylic oxidation sites excluding steroid dienone is 2. The van der Waals surface area contributed by atoms with E-state index >= 15 is 0 Å². The van der Waals surface area contributed by atoms with Gasteiger partial charge in [-0.1, -0.05) is 45.4 Å². The minimum absolute atomic E-state index is 0.101. The molecule has 3 rings (SSSR count). The van der Waals surface area contributed by atoms with Crippen LogP contribution in [0, 0.1) is 16.7 Å². The Morgan fingerprint density at radius 1 is 1.27 bits per heavy atom. The minimum Gasteiger partial charge on any atom is -0.455 e. The van der Waals surface area contributed by atoms with Crippen LogP contribution in [0.2, 0.25) is 0 Å². The predicted molar refractivity (Wildman–Crippen MR) is 110 cm³/mol. The topological polar surface area (TPSA) is 116 Å². The van der Waals surface area contributed by atoms with Crippen molar-refractivity contribution in [1.82, 2.24) is 0 Å². The molecule has 0 amide bonds. The molecule has 30 heavy (non-hydrogen) atoms. The van der Waals surface area contributed by atoms with Gasteiger partial charge in [0.2, 0.25) is 0 Å². The molecule has 1 saturated heterocycles.